The van der Waals surface area contributed by atoms with Gasteiger partial charge in [-0.15, -0.1) is 0 Å². The highest BCUT2D eigenvalue weighted by molar-refractivity contribution is 9.09. The summed E-state index contributed by atoms with van der Waals surface area (Å²) >= 11 is 5.71. The van der Waals surface area contributed by atoms with Crippen LogP contribution < -0.4 is 5.32 Å². The summed E-state index contributed by atoms with van der Waals surface area (Å²) < 4.78 is 5.98. The van der Waals surface area contributed by atoms with E-state index in [1.165, 1.54) is 31.4 Å². The maximum Gasteiger partial charge on any atom is 0.249 e. The van der Waals surface area contributed by atoms with Crippen molar-refractivity contribution in [1.82, 2.24) is 10.2 Å². The SMILES string of the molecule is O=C(COC1CCC(Br)CC1)N(CC1CCCS1)C1CCCCN1. The Balaban J connectivity index is 1.51. The molecule has 0 spiro atoms. The Hall–Kier alpha value is 0.220. The van der Waals surface area contributed by atoms with E-state index in [2.05, 4.69) is 26.1 Å². The van der Waals surface area contributed by atoms with Crippen LogP contribution >= 0.6 is 27.7 Å². The summed E-state index contributed by atoms with van der Waals surface area (Å²) in [6.45, 7) is 2.17. The number of nitrogens with one attached hydrogen (secondary N) is 1. The minimum Gasteiger partial charge on any atom is -0.368 e. The molecule has 138 valence electrons. The molecule has 3 fully saturated rings. The average molecular weight is 419 g/mol. The zero-order chi connectivity index (χ0) is 16.8. The summed E-state index contributed by atoms with van der Waals surface area (Å²) in [7, 11) is 0. The number of carbonyl (C=O) groups excluding carboxylic acids is 1. The molecule has 2 heterocycles. The molecule has 2 saturated heterocycles. The number of hydrogen-bond acceptors (Lipinski definition) is 4. The number of piperidine rings is 1. The molecule has 24 heavy (non-hydrogen) atoms. The van der Waals surface area contributed by atoms with Crippen molar-refractivity contribution in [2.24, 2.45) is 0 Å². The van der Waals surface area contributed by atoms with Gasteiger partial charge in [0.15, 0.2) is 0 Å². The number of amides is 1. The molecule has 2 unspecified atom stereocenters. The molecule has 1 N–H and O–H groups in total. The lowest BCUT2D eigenvalue weighted by Gasteiger charge is -2.37. The highest BCUT2D eigenvalue weighted by Crippen LogP contribution is 2.29. The maximum absolute atomic E-state index is 12.9. The lowest BCUT2D eigenvalue weighted by molar-refractivity contribution is -0.142. The van der Waals surface area contributed by atoms with Crippen LogP contribution in [0.3, 0.4) is 0 Å². The number of nitrogens with zero attached hydrogens (tertiary/aromatic N) is 1. The Labute approximate surface area is 159 Å². The fourth-order valence-corrected chi connectivity index (χ4v) is 5.77. The monoisotopic (exact) mass is 418 g/mol. The summed E-state index contributed by atoms with van der Waals surface area (Å²) in [6.07, 6.45) is 11.0. The molecule has 1 saturated carbocycles. The van der Waals surface area contributed by atoms with Crippen molar-refractivity contribution in [2.75, 3.05) is 25.4 Å². The van der Waals surface area contributed by atoms with Crippen LogP contribution in [0.2, 0.25) is 0 Å². The van der Waals surface area contributed by atoms with E-state index in [-0.39, 0.29) is 24.8 Å². The van der Waals surface area contributed by atoms with Crippen LogP contribution in [0.1, 0.15) is 57.8 Å². The number of thioether (sulfide) groups is 1. The highest BCUT2D eigenvalue weighted by Gasteiger charge is 2.30. The van der Waals surface area contributed by atoms with E-state index >= 15 is 0 Å². The predicted octanol–water partition coefficient (Wildman–Crippen LogP) is 3.53. The van der Waals surface area contributed by atoms with Crippen LogP contribution in [0, 0.1) is 0 Å². The topological polar surface area (TPSA) is 41.6 Å². The van der Waals surface area contributed by atoms with Crippen molar-refractivity contribution in [3.63, 3.8) is 0 Å². The summed E-state index contributed by atoms with van der Waals surface area (Å²) in [5.41, 5.74) is 0. The molecule has 0 aromatic rings. The number of halogens is 1. The van der Waals surface area contributed by atoms with Crippen molar-refractivity contribution in [3.05, 3.63) is 0 Å². The minimum absolute atomic E-state index is 0.183. The molecular formula is C18H31BrN2O2S. The van der Waals surface area contributed by atoms with E-state index in [1.807, 2.05) is 11.8 Å². The number of hydrogen-bond donors (Lipinski definition) is 1. The van der Waals surface area contributed by atoms with E-state index in [0.717, 1.165) is 45.2 Å². The molecule has 0 aromatic heterocycles. The summed E-state index contributed by atoms with van der Waals surface area (Å²) in [6, 6.07) is 0. The van der Waals surface area contributed by atoms with Gasteiger partial charge in [0, 0.05) is 16.6 Å². The van der Waals surface area contributed by atoms with Gasteiger partial charge in [0.05, 0.1) is 12.3 Å². The first-order chi connectivity index (χ1) is 11.7. The predicted molar refractivity (Wildman–Crippen MR) is 104 cm³/mol. The van der Waals surface area contributed by atoms with Crippen molar-refractivity contribution in [2.45, 2.75) is 80.1 Å². The molecule has 3 aliphatic rings. The van der Waals surface area contributed by atoms with E-state index in [4.69, 9.17) is 4.74 Å². The number of rotatable bonds is 6. The summed E-state index contributed by atoms with van der Waals surface area (Å²) in [5, 5.41) is 4.16. The fraction of sp³-hybridized carbons (Fsp3) is 0.944. The van der Waals surface area contributed by atoms with Gasteiger partial charge in [0.1, 0.15) is 6.61 Å². The van der Waals surface area contributed by atoms with Gasteiger partial charge in [-0.05, 0) is 70.1 Å². The fourth-order valence-electron chi connectivity index (χ4n) is 3.97. The summed E-state index contributed by atoms with van der Waals surface area (Å²) in [5.74, 6) is 1.43. The minimum atomic E-state index is 0.183. The third-order valence-corrected chi connectivity index (χ3v) is 7.75. The van der Waals surface area contributed by atoms with Gasteiger partial charge >= 0.3 is 0 Å². The van der Waals surface area contributed by atoms with Gasteiger partial charge in [-0.2, -0.15) is 11.8 Å². The average Bonchev–Trinajstić information content (AvgIpc) is 3.13. The molecule has 0 bridgehead atoms. The Kier molecular flexibility index (Phi) is 7.75. The van der Waals surface area contributed by atoms with Crippen LogP contribution in [0.5, 0.6) is 0 Å². The molecular weight excluding hydrogens is 388 g/mol. The van der Waals surface area contributed by atoms with Crippen LogP contribution in [-0.2, 0) is 9.53 Å². The normalized spacial score (nSPS) is 34.2. The largest absolute Gasteiger partial charge is 0.368 e. The molecule has 1 aliphatic carbocycles. The standard InChI is InChI=1S/C18H31BrN2O2S/c19-14-6-8-15(9-7-14)23-13-18(22)21(12-16-4-3-11-24-16)17-5-1-2-10-20-17/h14-17,20H,1-13H2. The highest BCUT2D eigenvalue weighted by atomic mass is 79.9. The Morgan fingerprint density at radius 3 is 2.62 bits per heavy atom. The van der Waals surface area contributed by atoms with E-state index in [9.17, 15) is 4.79 Å². The smallest absolute Gasteiger partial charge is 0.249 e. The third-order valence-electron chi connectivity index (χ3n) is 5.45. The maximum atomic E-state index is 12.9. The van der Waals surface area contributed by atoms with Crippen LogP contribution in [0.15, 0.2) is 0 Å². The van der Waals surface area contributed by atoms with Crippen molar-refractivity contribution in [3.8, 4) is 0 Å². The van der Waals surface area contributed by atoms with Gasteiger partial charge in [-0.25, -0.2) is 0 Å². The molecule has 2 aliphatic heterocycles. The van der Waals surface area contributed by atoms with E-state index < -0.39 is 0 Å². The van der Waals surface area contributed by atoms with E-state index in [1.54, 1.807) is 0 Å². The van der Waals surface area contributed by atoms with Crippen molar-refractivity contribution >= 4 is 33.6 Å². The van der Waals surface area contributed by atoms with Crippen molar-refractivity contribution in [1.29, 1.82) is 0 Å². The molecule has 2 atom stereocenters. The molecule has 6 heteroatoms. The molecule has 0 aromatic carbocycles. The lowest BCUT2D eigenvalue weighted by atomic mass is 9.98. The second-order valence-electron chi connectivity index (χ2n) is 7.33. The molecule has 4 nitrogen and oxygen atoms in total. The Bertz CT molecular complexity index is 392. The second kappa shape index (κ2) is 9.79. The number of alkyl halides is 1. The molecule has 3 rings (SSSR count). The van der Waals surface area contributed by atoms with Crippen molar-refractivity contribution < 1.29 is 9.53 Å². The first-order valence-electron chi connectivity index (χ1n) is 9.62. The zero-order valence-electron chi connectivity index (χ0n) is 14.6. The number of ether oxygens (including phenoxy) is 1. The van der Waals surface area contributed by atoms with Gasteiger partial charge in [0.2, 0.25) is 5.91 Å². The van der Waals surface area contributed by atoms with Crippen LogP contribution in [0.4, 0.5) is 0 Å². The lowest BCUT2D eigenvalue weighted by Crippen LogP contribution is -2.53. The molecule has 1 amide bonds. The zero-order valence-corrected chi connectivity index (χ0v) is 17.0. The summed E-state index contributed by atoms with van der Waals surface area (Å²) in [4.78, 5) is 15.6. The van der Waals surface area contributed by atoms with Gasteiger partial charge in [-0.1, -0.05) is 15.9 Å². The van der Waals surface area contributed by atoms with Crippen LogP contribution in [-0.4, -0.2) is 58.6 Å². The van der Waals surface area contributed by atoms with Gasteiger partial charge < -0.3 is 9.64 Å². The second-order valence-corrected chi connectivity index (χ2v) is 10.0. The number of carbonyl (C=O) groups is 1. The first-order valence-corrected chi connectivity index (χ1v) is 11.6. The van der Waals surface area contributed by atoms with Gasteiger partial charge in [-0.3, -0.25) is 10.1 Å². The molecule has 0 radical (unpaired) electrons. The van der Waals surface area contributed by atoms with E-state index in [0.29, 0.717) is 10.1 Å². The first kappa shape index (κ1) is 19.0. The Morgan fingerprint density at radius 1 is 1.12 bits per heavy atom. The third kappa shape index (κ3) is 5.61. The Morgan fingerprint density at radius 2 is 1.96 bits per heavy atom. The van der Waals surface area contributed by atoms with Gasteiger partial charge in [0.25, 0.3) is 0 Å². The van der Waals surface area contributed by atoms with Crippen LogP contribution in [0.25, 0.3) is 0 Å². The quantitative estimate of drug-likeness (QED) is 0.669.